The smallest absolute Gasteiger partial charge is 0.345 e. The number of aromatic nitrogens is 2. The molecular formula is C12H8BrF2N2O3PS. The molecule has 22 heavy (non-hydrogen) atoms. The monoisotopic (exact) mass is 408 g/mol. The summed E-state index contributed by atoms with van der Waals surface area (Å²) in [4.78, 5) is 24.1. The number of nitrogens with zero attached hydrogens (tertiary/aromatic N) is 1. The molecule has 3 N–H and O–H groups in total. The molecule has 0 spiro atoms. The summed E-state index contributed by atoms with van der Waals surface area (Å²) in [6, 6.07) is 4.94. The van der Waals surface area contributed by atoms with E-state index in [2.05, 4.69) is 25.9 Å². The molecule has 0 amide bonds. The Labute approximate surface area is 135 Å². The zero-order valence-corrected chi connectivity index (χ0v) is 13.9. The summed E-state index contributed by atoms with van der Waals surface area (Å²) < 4.78 is 39.4. The van der Waals surface area contributed by atoms with Crippen LogP contribution in [0.25, 0.3) is 21.5 Å². The van der Waals surface area contributed by atoms with Crippen LogP contribution < -0.4 is 0 Å². The van der Waals surface area contributed by atoms with Gasteiger partial charge in [0.15, 0.2) is 0 Å². The van der Waals surface area contributed by atoms with Crippen molar-refractivity contribution in [1.82, 2.24) is 9.97 Å². The number of aromatic amines is 1. The molecule has 0 radical (unpaired) electrons. The Bertz CT molecular complexity index is 891. The molecule has 0 atom stereocenters. The van der Waals surface area contributed by atoms with E-state index < -0.39 is 18.1 Å². The van der Waals surface area contributed by atoms with E-state index in [0.717, 1.165) is 0 Å². The minimum absolute atomic E-state index is 0.0192. The van der Waals surface area contributed by atoms with Crippen LogP contribution in [0.15, 0.2) is 35.1 Å². The average molecular weight is 409 g/mol. The molecule has 0 bridgehead atoms. The molecule has 0 aliphatic rings. The number of benzene rings is 1. The zero-order valence-electron chi connectivity index (χ0n) is 10.6. The predicted molar refractivity (Wildman–Crippen MR) is 83.0 cm³/mol. The van der Waals surface area contributed by atoms with Crippen LogP contribution in [0.4, 0.5) is 8.78 Å². The average Bonchev–Trinajstić information content (AvgIpc) is 3.06. The van der Waals surface area contributed by atoms with Crippen molar-refractivity contribution in [3.8, 4) is 11.4 Å². The minimum atomic E-state index is -5.60. The second-order valence-corrected chi connectivity index (χ2v) is 7.97. The van der Waals surface area contributed by atoms with Gasteiger partial charge in [0.2, 0.25) is 0 Å². The van der Waals surface area contributed by atoms with E-state index in [1.807, 2.05) is 0 Å². The fourth-order valence-corrected chi connectivity index (χ4v) is 4.89. The van der Waals surface area contributed by atoms with Crippen LogP contribution in [0.2, 0.25) is 0 Å². The van der Waals surface area contributed by atoms with Gasteiger partial charge >= 0.3 is 13.3 Å². The van der Waals surface area contributed by atoms with Gasteiger partial charge in [0.05, 0.1) is 0 Å². The van der Waals surface area contributed by atoms with Crippen molar-refractivity contribution >= 4 is 44.9 Å². The Morgan fingerprint density at radius 1 is 1.36 bits per heavy atom. The molecule has 10 heteroatoms. The van der Waals surface area contributed by atoms with Crippen LogP contribution in [0.3, 0.4) is 0 Å². The number of hydrogen-bond donors (Lipinski definition) is 3. The molecule has 3 aromatic rings. The van der Waals surface area contributed by atoms with Crippen LogP contribution in [0, 0.1) is 0 Å². The lowest BCUT2D eigenvalue weighted by Crippen LogP contribution is -2.12. The first-order chi connectivity index (χ1) is 10.2. The molecule has 0 saturated carbocycles. The van der Waals surface area contributed by atoms with E-state index in [0.29, 0.717) is 32.8 Å². The first-order valence-electron chi connectivity index (χ1n) is 5.87. The first kappa shape index (κ1) is 15.8. The third-order valence-corrected chi connectivity index (χ3v) is 6.47. The highest BCUT2D eigenvalue weighted by atomic mass is 79.9. The van der Waals surface area contributed by atoms with Crippen molar-refractivity contribution in [3.05, 3.63) is 39.9 Å². The third kappa shape index (κ3) is 2.43. The first-order valence-corrected chi connectivity index (χ1v) is 9.10. The number of H-pyrrole nitrogens is 1. The van der Waals surface area contributed by atoms with Crippen molar-refractivity contribution in [2.45, 2.75) is 5.66 Å². The van der Waals surface area contributed by atoms with E-state index in [1.165, 1.54) is 0 Å². The summed E-state index contributed by atoms with van der Waals surface area (Å²) in [7, 11) is -5.60. The van der Waals surface area contributed by atoms with E-state index in [1.54, 1.807) is 30.6 Å². The number of hydrogen-bond acceptors (Lipinski definition) is 3. The maximum atomic E-state index is 13.9. The molecule has 116 valence electrons. The SMILES string of the molecule is O=P(O)(O)C(F)(F)c1sc2ccc(-c3ncc[nH]3)cc2c1Br. The van der Waals surface area contributed by atoms with Crippen LogP contribution in [-0.2, 0) is 10.2 Å². The van der Waals surface area contributed by atoms with Crippen molar-refractivity contribution < 1.29 is 23.1 Å². The topological polar surface area (TPSA) is 86.2 Å². The molecule has 1 aromatic carbocycles. The Kier molecular flexibility index (Phi) is 3.73. The summed E-state index contributed by atoms with van der Waals surface area (Å²) in [5, 5.41) is 0.446. The van der Waals surface area contributed by atoms with Gasteiger partial charge in [0, 0.05) is 32.5 Å². The van der Waals surface area contributed by atoms with Gasteiger partial charge in [-0.15, -0.1) is 11.3 Å². The molecule has 5 nitrogen and oxygen atoms in total. The zero-order chi connectivity index (χ0) is 16.1. The summed E-state index contributed by atoms with van der Waals surface area (Å²) >= 11 is 3.68. The van der Waals surface area contributed by atoms with Crippen molar-refractivity contribution in [2.24, 2.45) is 0 Å². The van der Waals surface area contributed by atoms with Crippen LogP contribution in [0.1, 0.15) is 4.88 Å². The number of alkyl halides is 2. The number of halogens is 3. The van der Waals surface area contributed by atoms with Crippen molar-refractivity contribution in [2.75, 3.05) is 0 Å². The van der Waals surface area contributed by atoms with Gasteiger partial charge in [-0.25, -0.2) is 4.98 Å². The molecule has 0 aliphatic carbocycles. The lowest BCUT2D eigenvalue weighted by atomic mass is 10.1. The van der Waals surface area contributed by atoms with Crippen LogP contribution in [0.5, 0.6) is 0 Å². The van der Waals surface area contributed by atoms with E-state index >= 15 is 0 Å². The number of thiophene rings is 1. The maximum Gasteiger partial charge on any atom is 0.400 e. The molecule has 0 aliphatic heterocycles. The van der Waals surface area contributed by atoms with Gasteiger partial charge in [-0.1, -0.05) is 0 Å². The lowest BCUT2D eigenvalue weighted by Gasteiger charge is -2.16. The van der Waals surface area contributed by atoms with Crippen LogP contribution >= 0.6 is 34.9 Å². The largest absolute Gasteiger partial charge is 0.400 e. The molecule has 2 aromatic heterocycles. The fourth-order valence-electron chi connectivity index (χ4n) is 1.96. The standard InChI is InChI=1S/C12H8BrF2N2O3PS/c13-9-7-5-6(11-16-3-4-17-11)1-2-8(7)22-10(9)12(14,15)21(18,19)20/h1-5H,(H,16,17)(H2,18,19,20). The van der Waals surface area contributed by atoms with Gasteiger partial charge in [0.1, 0.15) is 10.7 Å². The predicted octanol–water partition coefficient (Wildman–Crippen LogP) is 4.28. The molecule has 0 unspecified atom stereocenters. The van der Waals surface area contributed by atoms with E-state index in [-0.39, 0.29) is 4.47 Å². The summed E-state index contributed by atoms with van der Waals surface area (Å²) in [5.41, 5.74) is -3.55. The second kappa shape index (κ2) is 5.21. The highest BCUT2D eigenvalue weighted by Gasteiger charge is 2.53. The number of imidazole rings is 1. The summed E-state index contributed by atoms with van der Waals surface area (Å²) in [5.74, 6) is 0.572. The Hall–Kier alpha value is -1.12. The van der Waals surface area contributed by atoms with Gasteiger partial charge in [-0.3, -0.25) is 4.57 Å². The second-order valence-electron chi connectivity index (χ2n) is 4.48. The van der Waals surface area contributed by atoms with Gasteiger partial charge < -0.3 is 14.8 Å². The Morgan fingerprint density at radius 3 is 2.68 bits per heavy atom. The molecule has 0 fully saturated rings. The quantitative estimate of drug-likeness (QED) is 0.564. The highest BCUT2D eigenvalue weighted by molar-refractivity contribution is 9.10. The van der Waals surface area contributed by atoms with Gasteiger partial charge in [0.25, 0.3) is 0 Å². The number of rotatable bonds is 3. The normalized spacial score (nSPS) is 13.0. The highest BCUT2D eigenvalue weighted by Crippen LogP contribution is 2.62. The third-order valence-electron chi connectivity index (χ3n) is 3.04. The van der Waals surface area contributed by atoms with E-state index in [9.17, 15) is 13.3 Å². The summed E-state index contributed by atoms with van der Waals surface area (Å²) in [6.45, 7) is 0. The molecule has 3 rings (SSSR count). The Balaban J connectivity index is 2.20. The molecule has 2 heterocycles. The maximum absolute atomic E-state index is 13.9. The van der Waals surface area contributed by atoms with Crippen molar-refractivity contribution in [1.29, 1.82) is 0 Å². The van der Waals surface area contributed by atoms with Gasteiger partial charge in [-0.2, -0.15) is 8.78 Å². The number of fused-ring (bicyclic) bond motifs is 1. The fraction of sp³-hybridized carbons (Fsp3) is 0.0833. The van der Waals surface area contributed by atoms with E-state index in [4.69, 9.17) is 9.79 Å². The number of nitrogens with one attached hydrogen (secondary N) is 1. The lowest BCUT2D eigenvalue weighted by molar-refractivity contribution is 0.0595. The van der Waals surface area contributed by atoms with Gasteiger partial charge in [-0.05, 0) is 34.1 Å². The minimum Gasteiger partial charge on any atom is -0.345 e. The Morgan fingerprint density at radius 2 is 2.09 bits per heavy atom. The van der Waals surface area contributed by atoms with Crippen molar-refractivity contribution in [3.63, 3.8) is 0 Å². The molecular weight excluding hydrogens is 401 g/mol. The summed E-state index contributed by atoms with van der Waals surface area (Å²) in [6.07, 6.45) is 3.20. The molecule has 0 saturated heterocycles. The van der Waals surface area contributed by atoms with Crippen LogP contribution in [-0.4, -0.2) is 19.8 Å².